The molecular weight excluding hydrogens is 212 g/mol. The Morgan fingerprint density at radius 1 is 1.12 bits per heavy atom. The normalized spacial score (nSPS) is 35.0. The van der Waals surface area contributed by atoms with Crippen molar-refractivity contribution in [1.29, 1.82) is 0 Å². The molecule has 1 saturated carbocycles. The number of carbonyl (C=O) groups is 1. The molecule has 3 nitrogen and oxygen atoms in total. The van der Waals surface area contributed by atoms with E-state index in [2.05, 4.69) is 17.6 Å². The summed E-state index contributed by atoms with van der Waals surface area (Å²) < 4.78 is 0. The summed E-state index contributed by atoms with van der Waals surface area (Å²) in [5.41, 5.74) is 0. The molecule has 2 unspecified atom stereocenters. The second-order valence-corrected chi connectivity index (χ2v) is 5.77. The summed E-state index contributed by atoms with van der Waals surface area (Å²) in [6.45, 7) is 4.23. The van der Waals surface area contributed by atoms with E-state index in [-0.39, 0.29) is 11.8 Å². The third-order valence-electron chi connectivity index (χ3n) is 4.36. The predicted octanol–water partition coefficient (Wildman–Crippen LogP) is 2.07. The molecule has 1 aliphatic carbocycles. The minimum absolute atomic E-state index is 0.208. The van der Waals surface area contributed by atoms with Crippen LogP contribution in [0.15, 0.2) is 0 Å². The van der Waals surface area contributed by atoms with E-state index in [4.69, 9.17) is 0 Å². The minimum atomic E-state index is 0.208. The summed E-state index contributed by atoms with van der Waals surface area (Å²) >= 11 is 0. The van der Waals surface area contributed by atoms with Gasteiger partial charge in [0.15, 0.2) is 0 Å². The summed E-state index contributed by atoms with van der Waals surface area (Å²) in [5.74, 6) is 1.15. The first-order chi connectivity index (χ1) is 8.27. The Balaban J connectivity index is 1.83. The van der Waals surface area contributed by atoms with Crippen molar-refractivity contribution < 1.29 is 4.79 Å². The second-order valence-electron chi connectivity index (χ2n) is 5.77. The molecule has 0 aromatic heterocycles. The zero-order valence-corrected chi connectivity index (χ0v) is 11.0. The van der Waals surface area contributed by atoms with Crippen LogP contribution in [0.3, 0.4) is 0 Å². The van der Waals surface area contributed by atoms with Crippen LogP contribution in [0.4, 0.5) is 0 Å². The molecule has 3 heteroatoms. The van der Waals surface area contributed by atoms with Gasteiger partial charge in [-0.15, -0.1) is 0 Å². The quantitative estimate of drug-likeness (QED) is 0.723. The minimum Gasteiger partial charge on any atom is -0.353 e. The maximum Gasteiger partial charge on any atom is 0.224 e. The highest BCUT2D eigenvalue weighted by molar-refractivity contribution is 5.79. The van der Waals surface area contributed by atoms with Crippen molar-refractivity contribution in [2.45, 2.75) is 57.9 Å². The maximum atomic E-state index is 12.2. The first-order valence-corrected chi connectivity index (χ1v) is 7.28. The van der Waals surface area contributed by atoms with Gasteiger partial charge in [-0.2, -0.15) is 0 Å². The molecule has 2 fully saturated rings. The number of nitrogens with one attached hydrogen (secondary N) is 2. The van der Waals surface area contributed by atoms with Crippen LogP contribution in [0.5, 0.6) is 0 Å². The summed E-state index contributed by atoms with van der Waals surface area (Å²) in [4.78, 5) is 12.2. The lowest BCUT2D eigenvalue weighted by atomic mass is 9.94. The van der Waals surface area contributed by atoms with E-state index in [9.17, 15) is 4.79 Å². The molecule has 2 N–H and O–H groups in total. The van der Waals surface area contributed by atoms with Crippen LogP contribution < -0.4 is 10.6 Å². The third-order valence-corrected chi connectivity index (χ3v) is 4.36. The molecule has 2 aliphatic rings. The first kappa shape index (κ1) is 12.9. The number of hydrogen-bond donors (Lipinski definition) is 2. The number of amides is 1. The molecule has 1 saturated heterocycles. The molecule has 3 atom stereocenters. The Kier molecular flexibility index (Phi) is 4.84. The van der Waals surface area contributed by atoms with Gasteiger partial charge in [-0.3, -0.25) is 4.79 Å². The van der Waals surface area contributed by atoms with Crippen LogP contribution in [0.2, 0.25) is 0 Å². The first-order valence-electron chi connectivity index (χ1n) is 7.28. The van der Waals surface area contributed by atoms with Crippen molar-refractivity contribution in [1.82, 2.24) is 10.6 Å². The highest BCUT2D eigenvalue weighted by atomic mass is 16.2. The molecule has 2 rings (SSSR count). The number of piperidine rings is 1. The molecule has 1 heterocycles. The van der Waals surface area contributed by atoms with Crippen molar-refractivity contribution in [2.24, 2.45) is 11.8 Å². The van der Waals surface area contributed by atoms with Crippen molar-refractivity contribution >= 4 is 5.91 Å². The monoisotopic (exact) mass is 238 g/mol. The average molecular weight is 238 g/mol. The van der Waals surface area contributed by atoms with E-state index in [0.717, 1.165) is 25.9 Å². The highest BCUT2D eigenvalue weighted by Crippen LogP contribution is 2.23. The van der Waals surface area contributed by atoms with Crippen LogP contribution >= 0.6 is 0 Å². The Bertz CT molecular complexity index is 249. The molecule has 17 heavy (non-hydrogen) atoms. The van der Waals surface area contributed by atoms with Crippen LogP contribution in [-0.2, 0) is 4.79 Å². The molecule has 0 bridgehead atoms. The van der Waals surface area contributed by atoms with Gasteiger partial charge in [-0.25, -0.2) is 0 Å². The summed E-state index contributed by atoms with van der Waals surface area (Å²) in [7, 11) is 0. The van der Waals surface area contributed by atoms with Crippen LogP contribution in [0.1, 0.15) is 51.9 Å². The molecule has 0 aromatic rings. The maximum absolute atomic E-state index is 12.2. The average Bonchev–Trinajstić information content (AvgIpc) is 2.56. The van der Waals surface area contributed by atoms with Crippen LogP contribution in [-0.4, -0.2) is 25.0 Å². The zero-order valence-electron chi connectivity index (χ0n) is 11.0. The zero-order chi connectivity index (χ0) is 12.1. The van der Waals surface area contributed by atoms with E-state index >= 15 is 0 Å². The lowest BCUT2D eigenvalue weighted by Crippen LogP contribution is -2.46. The molecule has 1 aliphatic heterocycles. The molecular formula is C14H26N2O. The van der Waals surface area contributed by atoms with Crippen molar-refractivity contribution in [2.75, 3.05) is 13.1 Å². The van der Waals surface area contributed by atoms with Gasteiger partial charge < -0.3 is 10.6 Å². The fourth-order valence-electron chi connectivity index (χ4n) is 3.08. The topological polar surface area (TPSA) is 41.1 Å². The Morgan fingerprint density at radius 3 is 2.71 bits per heavy atom. The van der Waals surface area contributed by atoms with Crippen molar-refractivity contribution in [3.63, 3.8) is 0 Å². The number of rotatable bonds is 2. The standard InChI is InChI=1S/C14H26N2O/c1-11-6-3-2-4-8-13(11)16-14(17)12-7-5-9-15-10-12/h11-13,15H,2-10H2,1H3,(H,16,17)/t11?,12-,13?/m0/s1. The number of hydrogen-bond acceptors (Lipinski definition) is 2. The Labute approximate surface area is 105 Å². The molecule has 1 amide bonds. The Hall–Kier alpha value is -0.570. The highest BCUT2D eigenvalue weighted by Gasteiger charge is 2.26. The van der Waals surface area contributed by atoms with Crippen LogP contribution in [0.25, 0.3) is 0 Å². The van der Waals surface area contributed by atoms with E-state index in [1.54, 1.807) is 0 Å². The second kappa shape index (κ2) is 6.39. The van der Waals surface area contributed by atoms with Gasteiger partial charge in [-0.1, -0.05) is 26.2 Å². The number of carbonyl (C=O) groups excluding carboxylic acids is 1. The largest absolute Gasteiger partial charge is 0.353 e. The summed E-state index contributed by atoms with van der Waals surface area (Å²) in [6, 6.07) is 0.423. The van der Waals surface area contributed by atoms with Gasteiger partial charge in [0, 0.05) is 12.6 Å². The lowest BCUT2D eigenvalue weighted by Gasteiger charge is -2.27. The van der Waals surface area contributed by atoms with E-state index in [1.807, 2.05) is 0 Å². The van der Waals surface area contributed by atoms with E-state index in [0.29, 0.717) is 12.0 Å². The van der Waals surface area contributed by atoms with Gasteiger partial charge in [0.1, 0.15) is 0 Å². The fraction of sp³-hybridized carbons (Fsp3) is 0.929. The van der Waals surface area contributed by atoms with Crippen molar-refractivity contribution in [3.8, 4) is 0 Å². The summed E-state index contributed by atoms with van der Waals surface area (Å²) in [6.07, 6.45) is 8.58. The van der Waals surface area contributed by atoms with Crippen LogP contribution in [0, 0.1) is 11.8 Å². The molecule has 0 radical (unpaired) electrons. The third kappa shape index (κ3) is 3.70. The van der Waals surface area contributed by atoms with Crippen molar-refractivity contribution in [3.05, 3.63) is 0 Å². The van der Waals surface area contributed by atoms with Gasteiger partial charge >= 0.3 is 0 Å². The van der Waals surface area contributed by atoms with E-state index in [1.165, 1.54) is 32.1 Å². The summed E-state index contributed by atoms with van der Waals surface area (Å²) in [5, 5.41) is 6.62. The lowest BCUT2D eigenvalue weighted by molar-refractivity contribution is -0.126. The smallest absolute Gasteiger partial charge is 0.224 e. The van der Waals surface area contributed by atoms with Gasteiger partial charge in [0.25, 0.3) is 0 Å². The Morgan fingerprint density at radius 2 is 1.94 bits per heavy atom. The van der Waals surface area contributed by atoms with E-state index < -0.39 is 0 Å². The molecule has 0 spiro atoms. The fourth-order valence-corrected chi connectivity index (χ4v) is 3.08. The van der Waals surface area contributed by atoms with Gasteiger partial charge in [-0.05, 0) is 38.1 Å². The van der Waals surface area contributed by atoms with Gasteiger partial charge in [0.05, 0.1) is 5.92 Å². The molecule has 0 aromatic carbocycles. The molecule has 98 valence electrons. The predicted molar refractivity (Wildman–Crippen MR) is 69.8 cm³/mol. The SMILES string of the molecule is CC1CCCCCC1NC(=O)[C@H]1CCCNC1. The van der Waals surface area contributed by atoms with Gasteiger partial charge in [0.2, 0.25) is 5.91 Å².